The van der Waals surface area contributed by atoms with Crippen molar-refractivity contribution in [3.05, 3.63) is 64.9 Å². The van der Waals surface area contributed by atoms with Crippen LogP contribution in [0.1, 0.15) is 22.3 Å². The number of halogens is 1. The Kier molecular flexibility index (Phi) is 4.71. The molecule has 2 fully saturated rings. The monoisotopic (exact) mass is 374 g/mol. The van der Waals surface area contributed by atoms with Gasteiger partial charge in [-0.3, -0.25) is 9.78 Å². The van der Waals surface area contributed by atoms with E-state index in [-0.39, 0.29) is 16.8 Å². The molecule has 0 saturated carbocycles. The Balaban J connectivity index is 1.29. The summed E-state index contributed by atoms with van der Waals surface area (Å²) in [6, 6.07) is 11.1. The van der Waals surface area contributed by atoms with E-state index in [0.29, 0.717) is 17.2 Å². The Bertz CT molecular complexity index is 765. The minimum atomic E-state index is 0.0634. The molecule has 4 rings (SSSR count). The molecule has 4 nitrogen and oxygen atoms in total. The summed E-state index contributed by atoms with van der Waals surface area (Å²) in [7, 11) is 0. The number of carbonyl (C=O) groups excluding carboxylic acids is 1. The molecule has 25 heavy (non-hydrogen) atoms. The molecule has 2 aliphatic rings. The van der Waals surface area contributed by atoms with Crippen LogP contribution >= 0.6 is 23.4 Å². The first-order valence-corrected chi connectivity index (χ1v) is 9.69. The van der Waals surface area contributed by atoms with E-state index in [2.05, 4.69) is 4.98 Å². The van der Waals surface area contributed by atoms with Crippen LogP contribution < -0.4 is 0 Å². The maximum atomic E-state index is 12.5. The highest BCUT2D eigenvalue weighted by atomic mass is 35.5. The fourth-order valence-electron chi connectivity index (χ4n) is 3.42. The number of aromatic nitrogens is 1. The van der Waals surface area contributed by atoms with Crippen LogP contribution in [0.3, 0.4) is 0 Å². The fraction of sp³-hybridized carbons (Fsp3) is 0.368. The number of benzene rings is 1. The van der Waals surface area contributed by atoms with Gasteiger partial charge in [-0.05, 0) is 36.2 Å². The summed E-state index contributed by atoms with van der Waals surface area (Å²) in [6.07, 6.45) is 4.85. The average Bonchev–Trinajstić information content (AvgIpc) is 3.04. The van der Waals surface area contributed by atoms with Crippen LogP contribution in [-0.2, 0) is 11.3 Å². The first-order chi connectivity index (χ1) is 12.1. The van der Waals surface area contributed by atoms with E-state index in [0.717, 1.165) is 30.8 Å². The molecule has 3 heterocycles. The van der Waals surface area contributed by atoms with Gasteiger partial charge in [-0.1, -0.05) is 23.7 Å². The van der Waals surface area contributed by atoms with Crippen molar-refractivity contribution < 1.29 is 9.53 Å². The van der Waals surface area contributed by atoms with Crippen molar-refractivity contribution in [2.75, 3.05) is 18.8 Å². The van der Waals surface area contributed by atoms with E-state index in [1.807, 2.05) is 47.1 Å². The van der Waals surface area contributed by atoms with Crippen molar-refractivity contribution in [3.63, 3.8) is 0 Å². The number of pyridine rings is 1. The number of carbonyl (C=O) groups is 1. The normalized spacial score (nSPS) is 21.3. The number of hydrogen-bond acceptors (Lipinski definition) is 4. The first-order valence-electron chi connectivity index (χ1n) is 8.33. The molecular formula is C19H19ClN2O2S. The first kappa shape index (κ1) is 16.9. The number of ether oxygens (including phenoxy) is 1. The van der Waals surface area contributed by atoms with Gasteiger partial charge < -0.3 is 9.64 Å². The average molecular weight is 375 g/mol. The molecule has 0 aliphatic carbocycles. The summed E-state index contributed by atoms with van der Waals surface area (Å²) in [5.41, 5.74) is 1.76. The highest BCUT2D eigenvalue weighted by Crippen LogP contribution is 2.46. The Morgan fingerprint density at radius 3 is 3.00 bits per heavy atom. The topological polar surface area (TPSA) is 42.4 Å². The van der Waals surface area contributed by atoms with Crippen molar-refractivity contribution in [1.29, 1.82) is 0 Å². The maximum absolute atomic E-state index is 12.5. The lowest BCUT2D eigenvalue weighted by atomic mass is 9.92. The second-order valence-electron chi connectivity index (χ2n) is 6.66. The van der Waals surface area contributed by atoms with E-state index in [1.165, 1.54) is 0 Å². The third-order valence-corrected chi connectivity index (χ3v) is 6.51. The Labute approximate surface area is 156 Å². The van der Waals surface area contributed by atoms with Crippen molar-refractivity contribution in [2.45, 2.75) is 23.9 Å². The highest BCUT2D eigenvalue weighted by Gasteiger charge is 2.50. The van der Waals surface area contributed by atoms with Crippen molar-refractivity contribution >= 4 is 29.3 Å². The third-order valence-electron chi connectivity index (χ3n) is 4.70. The van der Waals surface area contributed by atoms with E-state index >= 15 is 0 Å². The molecule has 0 N–H and O–H groups in total. The fourth-order valence-corrected chi connectivity index (χ4v) is 5.17. The van der Waals surface area contributed by atoms with Crippen molar-refractivity contribution in [1.82, 2.24) is 9.88 Å². The quantitative estimate of drug-likeness (QED) is 0.819. The molecule has 2 saturated heterocycles. The summed E-state index contributed by atoms with van der Waals surface area (Å²) < 4.78 is 6.20. The van der Waals surface area contributed by atoms with Gasteiger partial charge in [0.1, 0.15) is 0 Å². The van der Waals surface area contributed by atoms with Crippen LogP contribution in [0.5, 0.6) is 0 Å². The van der Waals surface area contributed by atoms with Crippen LogP contribution in [0.15, 0.2) is 48.8 Å². The Hall–Kier alpha value is -1.56. The Morgan fingerprint density at radius 1 is 1.36 bits per heavy atom. The summed E-state index contributed by atoms with van der Waals surface area (Å²) in [5.74, 6) is 1.05. The molecule has 1 atom stereocenters. The van der Waals surface area contributed by atoms with Crippen LogP contribution in [0.25, 0.3) is 0 Å². The molecule has 0 bridgehead atoms. The smallest absolute Gasteiger partial charge is 0.254 e. The number of nitrogens with zero attached hydrogens (tertiary/aromatic N) is 2. The zero-order valence-corrected chi connectivity index (χ0v) is 15.3. The lowest BCUT2D eigenvalue weighted by Crippen LogP contribution is -2.60. The molecule has 2 aromatic rings. The second kappa shape index (κ2) is 6.98. The number of amides is 1. The number of thioether (sulfide) groups is 1. The molecule has 130 valence electrons. The SMILES string of the molecule is O=C(c1cccc(Cl)c1)N1CC2(C[C@H](OCc3cccnc3)CS2)C1. The van der Waals surface area contributed by atoms with Crippen molar-refractivity contribution in [3.8, 4) is 0 Å². The third kappa shape index (κ3) is 3.68. The molecule has 1 amide bonds. The van der Waals surface area contributed by atoms with Gasteiger partial charge in [0, 0.05) is 41.8 Å². The minimum Gasteiger partial charge on any atom is -0.373 e. The van der Waals surface area contributed by atoms with Gasteiger partial charge in [-0.2, -0.15) is 0 Å². The van der Waals surface area contributed by atoms with Gasteiger partial charge in [0.2, 0.25) is 0 Å². The molecular weight excluding hydrogens is 356 g/mol. The standard InChI is InChI=1S/C19H19ClN2O2S/c20-16-5-1-4-15(7-16)18(23)22-12-19(13-22)8-17(11-25-19)24-10-14-3-2-6-21-9-14/h1-7,9,17H,8,10-13H2/t17-/m0/s1. The largest absolute Gasteiger partial charge is 0.373 e. The lowest BCUT2D eigenvalue weighted by molar-refractivity contribution is 0.0254. The van der Waals surface area contributed by atoms with Gasteiger partial charge in [0.15, 0.2) is 0 Å². The zero-order valence-electron chi connectivity index (χ0n) is 13.7. The minimum absolute atomic E-state index is 0.0634. The number of likely N-dealkylation sites (tertiary alicyclic amines) is 1. The van der Waals surface area contributed by atoms with Crippen LogP contribution in [0, 0.1) is 0 Å². The lowest BCUT2D eigenvalue weighted by Gasteiger charge is -2.47. The van der Waals surface area contributed by atoms with Crippen LogP contribution in [0.4, 0.5) is 0 Å². The predicted molar refractivity (Wildman–Crippen MR) is 100.0 cm³/mol. The summed E-state index contributed by atoms with van der Waals surface area (Å²) >= 11 is 7.92. The van der Waals surface area contributed by atoms with E-state index in [9.17, 15) is 4.79 Å². The van der Waals surface area contributed by atoms with Gasteiger partial charge in [0.25, 0.3) is 5.91 Å². The van der Waals surface area contributed by atoms with E-state index in [1.54, 1.807) is 18.3 Å². The number of hydrogen-bond donors (Lipinski definition) is 0. The molecule has 2 aliphatic heterocycles. The van der Waals surface area contributed by atoms with Crippen LogP contribution in [0.2, 0.25) is 5.02 Å². The molecule has 6 heteroatoms. The van der Waals surface area contributed by atoms with Gasteiger partial charge in [-0.25, -0.2) is 0 Å². The van der Waals surface area contributed by atoms with E-state index < -0.39 is 0 Å². The van der Waals surface area contributed by atoms with Gasteiger partial charge in [0.05, 0.1) is 17.5 Å². The molecule has 0 unspecified atom stereocenters. The summed E-state index contributed by atoms with van der Waals surface area (Å²) in [4.78, 5) is 18.5. The highest BCUT2D eigenvalue weighted by molar-refractivity contribution is 8.01. The van der Waals surface area contributed by atoms with E-state index in [4.69, 9.17) is 16.3 Å². The molecule has 1 aromatic heterocycles. The Morgan fingerprint density at radius 2 is 2.24 bits per heavy atom. The number of rotatable bonds is 4. The maximum Gasteiger partial charge on any atom is 0.254 e. The van der Waals surface area contributed by atoms with Gasteiger partial charge in [-0.15, -0.1) is 11.8 Å². The second-order valence-corrected chi connectivity index (χ2v) is 8.59. The molecule has 1 aromatic carbocycles. The van der Waals surface area contributed by atoms with Crippen molar-refractivity contribution in [2.24, 2.45) is 0 Å². The summed E-state index contributed by atoms with van der Waals surface area (Å²) in [6.45, 7) is 2.17. The zero-order chi connectivity index (χ0) is 17.3. The van der Waals surface area contributed by atoms with Gasteiger partial charge >= 0.3 is 0 Å². The van der Waals surface area contributed by atoms with Crippen LogP contribution in [-0.4, -0.2) is 45.5 Å². The molecule has 1 spiro atoms. The predicted octanol–water partition coefficient (Wildman–Crippen LogP) is 3.65. The summed E-state index contributed by atoms with van der Waals surface area (Å²) in [5, 5.41) is 0.597. The molecule has 0 radical (unpaired) electrons.